The van der Waals surface area contributed by atoms with Crippen LogP contribution < -0.4 is 21.3 Å². The molecule has 0 aliphatic rings. The summed E-state index contributed by atoms with van der Waals surface area (Å²) >= 11 is 0. The second kappa shape index (κ2) is 17.9. The Kier molecular flexibility index (Phi) is 14.7. The van der Waals surface area contributed by atoms with Gasteiger partial charge in [-0.1, -0.05) is 88.4 Å². The first kappa shape index (κ1) is 37.8. The lowest BCUT2D eigenvalue weighted by Crippen LogP contribution is -2.58. The lowest BCUT2D eigenvalue weighted by atomic mass is 9.99. The molecule has 0 saturated carbocycles. The molecule has 46 heavy (non-hydrogen) atoms. The Labute approximate surface area is 272 Å². The predicted molar refractivity (Wildman–Crippen MR) is 176 cm³/mol. The quantitative estimate of drug-likeness (QED) is 0.186. The number of carbonyl (C=O) groups excluding carboxylic acids is 4. The van der Waals surface area contributed by atoms with Crippen LogP contribution in [0.3, 0.4) is 0 Å². The average molecular weight is 639 g/mol. The van der Waals surface area contributed by atoms with Gasteiger partial charge in [0.1, 0.15) is 29.8 Å². The first-order chi connectivity index (χ1) is 21.5. The summed E-state index contributed by atoms with van der Waals surface area (Å²) in [5.74, 6) is -3.02. The summed E-state index contributed by atoms with van der Waals surface area (Å²) in [6.07, 6.45) is -0.0483. The SMILES string of the molecule is CC(C)CC(NC(=O)OC(C)(C)C)C(=O)NC(Cc1ccccc1)C(=O)NC(CC(C)C)C(=O)NC(Cc1ccccc1)C(=O)O. The molecule has 0 aromatic heterocycles. The van der Waals surface area contributed by atoms with Crippen molar-refractivity contribution >= 4 is 29.8 Å². The number of amides is 4. The lowest BCUT2D eigenvalue weighted by molar-refractivity contribution is -0.142. The molecule has 252 valence electrons. The third-order valence-corrected chi connectivity index (χ3v) is 6.87. The van der Waals surface area contributed by atoms with E-state index >= 15 is 0 Å². The van der Waals surface area contributed by atoms with Gasteiger partial charge in [-0.2, -0.15) is 0 Å². The zero-order valence-corrected chi connectivity index (χ0v) is 28.0. The molecule has 4 atom stereocenters. The number of carboxylic acids is 1. The van der Waals surface area contributed by atoms with Crippen LogP contribution in [0.15, 0.2) is 60.7 Å². The molecule has 0 aliphatic carbocycles. The Morgan fingerprint density at radius 2 is 0.978 bits per heavy atom. The summed E-state index contributed by atoms with van der Waals surface area (Å²) in [5, 5.41) is 20.6. The van der Waals surface area contributed by atoms with E-state index in [1.165, 1.54) is 0 Å². The Balaban J connectivity index is 2.30. The van der Waals surface area contributed by atoms with Gasteiger partial charge in [0.2, 0.25) is 17.7 Å². The number of nitrogens with one attached hydrogen (secondary N) is 4. The highest BCUT2D eigenvalue weighted by Gasteiger charge is 2.32. The van der Waals surface area contributed by atoms with Crippen LogP contribution in [0.5, 0.6) is 0 Å². The van der Waals surface area contributed by atoms with Gasteiger partial charge in [0, 0.05) is 12.8 Å². The molecule has 2 aromatic rings. The number of aliphatic carboxylic acids is 1. The van der Waals surface area contributed by atoms with E-state index in [4.69, 9.17) is 4.74 Å². The van der Waals surface area contributed by atoms with Gasteiger partial charge in [-0.15, -0.1) is 0 Å². The molecule has 11 nitrogen and oxygen atoms in total. The van der Waals surface area contributed by atoms with Crippen LogP contribution >= 0.6 is 0 Å². The summed E-state index contributed by atoms with van der Waals surface area (Å²) in [4.78, 5) is 65.4. The maximum atomic E-state index is 13.8. The van der Waals surface area contributed by atoms with Crippen molar-refractivity contribution in [3.63, 3.8) is 0 Å². The van der Waals surface area contributed by atoms with Crippen molar-refractivity contribution in [2.24, 2.45) is 11.8 Å². The number of hydrogen-bond donors (Lipinski definition) is 5. The summed E-state index contributed by atoms with van der Waals surface area (Å²) in [6.45, 7) is 12.7. The zero-order chi connectivity index (χ0) is 34.4. The first-order valence-electron chi connectivity index (χ1n) is 15.7. The van der Waals surface area contributed by atoms with E-state index in [2.05, 4.69) is 21.3 Å². The standard InChI is InChI=1S/C35H50N4O7/c1-22(2)18-26(30(40)38-29(33(43)44)21-25-16-12-9-13-17-25)36-32(42)28(20-24-14-10-8-11-15-24)37-31(41)27(19-23(3)4)39-34(45)46-35(5,6)7/h8-17,22-23,26-29H,18-21H2,1-7H3,(H,36,42)(H,37,41)(H,38,40)(H,39,45)(H,43,44). The van der Waals surface area contributed by atoms with Crippen LogP contribution in [0.25, 0.3) is 0 Å². The number of rotatable bonds is 16. The molecule has 0 bridgehead atoms. The molecule has 0 spiro atoms. The number of hydrogen-bond acceptors (Lipinski definition) is 6. The second-order valence-electron chi connectivity index (χ2n) is 13.4. The Bertz CT molecular complexity index is 1290. The molecule has 0 radical (unpaired) electrons. The minimum Gasteiger partial charge on any atom is -0.480 e. The van der Waals surface area contributed by atoms with E-state index in [1.54, 1.807) is 45.0 Å². The molecule has 0 aliphatic heterocycles. The number of carboxylic acid groups (broad SMARTS) is 1. The molecule has 2 aromatic carbocycles. The summed E-state index contributed by atoms with van der Waals surface area (Å²) in [7, 11) is 0. The molecule has 4 unspecified atom stereocenters. The number of benzene rings is 2. The fourth-order valence-corrected chi connectivity index (χ4v) is 4.78. The van der Waals surface area contributed by atoms with E-state index in [0.717, 1.165) is 11.1 Å². The largest absolute Gasteiger partial charge is 0.480 e. The molecular formula is C35H50N4O7. The van der Waals surface area contributed by atoms with Gasteiger partial charge in [0.25, 0.3) is 0 Å². The van der Waals surface area contributed by atoms with Gasteiger partial charge < -0.3 is 31.1 Å². The van der Waals surface area contributed by atoms with Crippen LogP contribution in [0.4, 0.5) is 4.79 Å². The Morgan fingerprint density at radius 3 is 1.39 bits per heavy atom. The minimum absolute atomic E-state index is 0.0240. The Hall–Kier alpha value is -4.41. The summed E-state index contributed by atoms with van der Waals surface area (Å²) < 4.78 is 5.35. The van der Waals surface area contributed by atoms with Gasteiger partial charge in [0.15, 0.2) is 0 Å². The molecule has 5 N–H and O–H groups in total. The zero-order valence-electron chi connectivity index (χ0n) is 28.0. The molecule has 2 rings (SSSR count). The van der Waals surface area contributed by atoms with Crippen LogP contribution in [0.2, 0.25) is 0 Å². The smallest absolute Gasteiger partial charge is 0.408 e. The predicted octanol–water partition coefficient (Wildman–Crippen LogP) is 4.00. The van der Waals surface area contributed by atoms with Gasteiger partial charge in [0.05, 0.1) is 0 Å². The fourth-order valence-electron chi connectivity index (χ4n) is 4.78. The van der Waals surface area contributed by atoms with Crippen LogP contribution in [-0.4, -0.2) is 64.7 Å². The third-order valence-electron chi connectivity index (χ3n) is 6.87. The van der Waals surface area contributed by atoms with Crippen molar-refractivity contribution in [2.45, 2.75) is 104 Å². The second-order valence-corrected chi connectivity index (χ2v) is 13.4. The molecular weight excluding hydrogens is 588 g/mol. The monoisotopic (exact) mass is 638 g/mol. The normalized spacial score (nSPS) is 14.0. The molecule has 0 heterocycles. The van der Waals surface area contributed by atoms with Crippen molar-refractivity contribution in [3.05, 3.63) is 71.8 Å². The van der Waals surface area contributed by atoms with E-state index < -0.39 is 59.6 Å². The lowest BCUT2D eigenvalue weighted by Gasteiger charge is -2.28. The maximum absolute atomic E-state index is 13.8. The highest BCUT2D eigenvalue weighted by Crippen LogP contribution is 2.13. The first-order valence-corrected chi connectivity index (χ1v) is 15.7. The summed E-state index contributed by atoms with van der Waals surface area (Å²) in [6, 6.07) is 13.7. The molecule has 0 fully saturated rings. The highest BCUT2D eigenvalue weighted by molar-refractivity contribution is 5.95. The van der Waals surface area contributed by atoms with Crippen LogP contribution in [0.1, 0.15) is 72.4 Å². The van der Waals surface area contributed by atoms with Crippen LogP contribution in [-0.2, 0) is 36.8 Å². The number of ether oxygens (including phenoxy) is 1. The number of alkyl carbamates (subject to hydrolysis) is 1. The average Bonchev–Trinajstić information content (AvgIpc) is 2.95. The van der Waals surface area contributed by atoms with Crippen molar-refractivity contribution < 1.29 is 33.8 Å². The minimum atomic E-state index is -1.21. The molecule has 0 saturated heterocycles. The third kappa shape index (κ3) is 14.1. The van der Waals surface area contributed by atoms with Gasteiger partial charge in [-0.25, -0.2) is 9.59 Å². The van der Waals surface area contributed by atoms with E-state index in [0.29, 0.717) is 6.42 Å². The van der Waals surface area contributed by atoms with Crippen LogP contribution in [0, 0.1) is 11.8 Å². The van der Waals surface area contributed by atoms with E-state index in [-0.39, 0.29) is 31.1 Å². The topological polar surface area (TPSA) is 163 Å². The highest BCUT2D eigenvalue weighted by atomic mass is 16.6. The van der Waals surface area contributed by atoms with Crippen molar-refractivity contribution in [2.75, 3.05) is 0 Å². The van der Waals surface area contributed by atoms with Crippen molar-refractivity contribution in [1.82, 2.24) is 21.3 Å². The molecule has 4 amide bonds. The molecule has 11 heteroatoms. The fraction of sp³-hybridized carbons (Fsp3) is 0.514. The van der Waals surface area contributed by atoms with Gasteiger partial charge in [-0.05, 0) is 56.6 Å². The maximum Gasteiger partial charge on any atom is 0.408 e. The van der Waals surface area contributed by atoms with Crippen molar-refractivity contribution in [3.8, 4) is 0 Å². The van der Waals surface area contributed by atoms with E-state index in [9.17, 15) is 29.1 Å². The van der Waals surface area contributed by atoms with Gasteiger partial charge in [-0.3, -0.25) is 14.4 Å². The van der Waals surface area contributed by atoms with E-state index in [1.807, 2.05) is 64.1 Å². The Morgan fingerprint density at radius 1 is 0.609 bits per heavy atom. The van der Waals surface area contributed by atoms with Gasteiger partial charge >= 0.3 is 12.1 Å². The van der Waals surface area contributed by atoms with Crippen molar-refractivity contribution in [1.29, 1.82) is 0 Å². The summed E-state index contributed by atoms with van der Waals surface area (Å²) in [5.41, 5.74) is 0.731. The number of carbonyl (C=O) groups is 5.